The third kappa shape index (κ3) is 2.69. The summed E-state index contributed by atoms with van der Waals surface area (Å²) in [7, 11) is 0. The van der Waals surface area contributed by atoms with Crippen molar-refractivity contribution in [3.8, 4) is 0 Å². The topological polar surface area (TPSA) is 68.2 Å². The number of carbonyl (C=O) groups is 1. The maximum absolute atomic E-state index is 14.1. The Morgan fingerprint density at radius 3 is 2.82 bits per heavy atom. The van der Waals surface area contributed by atoms with Gasteiger partial charge in [0.05, 0.1) is 17.9 Å². The first-order chi connectivity index (χ1) is 10.3. The molecule has 1 spiro atoms. The molecule has 22 heavy (non-hydrogen) atoms. The highest BCUT2D eigenvalue weighted by Crippen LogP contribution is 2.48. The Morgan fingerprint density at radius 1 is 1.50 bits per heavy atom. The van der Waals surface area contributed by atoms with Crippen LogP contribution in [-0.4, -0.2) is 34.6 Å². The van der Waals surface area contributed by atoms with Crippen molar-refractivity contribution in [2.75, 3.05) is 13.1 Å². The quantitative estimate of drug-likeness (QED) is 0.832. The van der Waals surface area contributed by atoms with Crippen LogP contribution < -0.4 is 10.6 Å². The van der Waals surface area contributed by atoms with Gasteiger partial charge in [0.15, 0.2) is 5.82 Å². The Hall–Kier alpha value is -1.63. The Labute approximate surface area is 129 Å². The van der Waals surface area contributed by atoms with Gasteiger partial charge in [-0.15, -0.1) is 0 Å². The number of halogens is 1. The minimum absolute atomic E-state index is 0.188. The largest absolute Gasteiger partial charge is 0.444 e. The van der Waals surface area contributed by atoms with Gasteiger partial charge < -0.3 is 15.4 Å². The lowest BCUT2D eigenvalue weighted by Gasteiger charge is -2.38. The van der Waals surface area contributed by atoms with E-state index in [1.165, 1.54) is 6.20 Å². The second-order valence-electron chi connectivity index (χ2n) is 7.23. The average molecular weight is 310 g/mol. The normalized spacial score (nSPS) is 23.4. The van der Waals surface area contributed by atoms with Gasteiger partial charge in [-0.1, -0.05) is 0 Å². The van der Waals surface area contributed by atoms with E-state index in [9.17, 15) is 9.18 Å². The molecule has 0 saturated carbocycles. The highest BCUT2D eigenvalue weighted by molar-refractivity contribution is 5.68. The van der Waals surface area contributed by atoms with Crippen LogP contribution in [0.1, 0.15) is 45.3 Å². The van der Waals surface area contributed by atoms with Gasteiger partial charge in [0.25, 0.3) is 0 Å². The van der Waals surface area contributed by atoms with E-state index in [1.54, 1.807) is 4.68 Å². The van der Waals surface area contributed by atoms with Crippen LogP contribution in [0.3, 0.4) is 0 Å². The molecular formula is C15H23FN4O2. The summed E-state index contributed by atoms with van der Waals surface area (Å²) in [5, 5.41) is 10.3. The summed E-state index contributed by atoms with van der Waals surface area (Å²) in [5.74, 6) is -0.364. The molecule has 122 valence electrons. The molecule has 0 radical (unpaired) electrons. The summed E-state index contributed by atoms with van der Waals surface area (Å²) in [5.41, 5.74) is -0.303. The fourth-order valence-electron chi connectivity index (χ4n) is 3.48. The highest BCUT2D eigenvalue weighted by atomic mass is 19.1. The standard InChI is InChI=1S/C15H23FN4O2/c1-14(2,3)22-13(21)19-12-11-10(16)8-18-20(11)9-15(12)4-6-17-7-5-15/h8,12,17H,4-7,9H2,1-3H3,(H,19,21)/t12-/m1/s1. The molecule has 1 aromatic rings. The van der Waals surface area contributed by atoms with E-state index in [-0.39, 0.29) is 11.2 Å². The van der Waals surface area contributed by atoms with Crippen LogP contribution in [0.5, 0.6) is 0 Å². The minimum atomic E-state index is -0.581. The summed E-state index contributed by atoms with van der Waals surface area (Å²) in [6.07, 6.45) is 2.45. The second-order valence-corrected chi connectivity index (χ2v) is 7.23. The molecule has 0 bridgehead atoms. The van der Waals surface area contributed by atoms with E-state index in [0.29, 0.717) is 12.2 Å². The molecule has 1 saturated heterocycles. The monoisotopic (exact) mass is 310 g/mol. The van der Waals surface area contributed by atoms with Gasteiger partial charge in [-0.25, -0.2) is 9.18 Å². The van der Waals surface area contributed by atoms with Gasteiger partial charge in [0, 0.05) is 12.0 Å². The Balaban J connectivity index is 1.86. The van der Waals surface area contributed by atoms with Crippen molar-refractivity contribution in [1.29, 1.82) is 0 Å². The number of amides is 1. The SMILES string of the molecule is CC(C)(C)OC(=O)N[C@@H]1c2c(F)cnn2CC12CCNCC2. The molecule has 0 aliphatic carbocycles. The number of piperidine rings is 1. The molecule has 1 amide bonds. The summed E-state index contributed by atoms with van der Waals surface area (Å²) in [6, 6.07) is -0.396. The van der Waals surface area contributed by atoms with Crippen molar-refractivity contribution in [3.05, 3.63) is 17.7 Å². The lowest BCUT2D eigenvalue weighted by Crippen LogP contribution is -2.46. The molecule has 1 atom stereocenters. The van der Waals surface area contributed by atoms with E-state index in [4.69, 9.17) is 4.74 Å². The maximum atomic E-state index is 14.1. The van der Waals surface area contributed by atoms with E-state index >= 15 is 0 Å². The molecule has 1 fully saturated rings. The smallest absolute Gasteiger partial charge is 0.408 e. The van der Waals surface area contributed by atoms with E-state index in [0.717, 1.165) is 25.9 Å². The van der Waals surface area contributed by atoms with Gasteiger partial charge in [-0.2, -0.15) is 5.10 Å². The first-order valence-corrected chi connectivity index (χ1v) is 7.72. The lowest BCUT2D eigenvalue weighted by molar-refractivity contribution is 0.0414. The van der Waals surface area contributed by atoms with Crippen LogP contribution in [0.4, 0.5) is 9.18 Å². The van der Waals surface area contributed by atoms with Crippen molar-refractivity contribution in [3.63, 3.8) is 0 Å². The summed E-state index contributed by atoms with van der Waals surface area (Å²) in [6.45, 7) is 7.79. The molecule has 2 N–H and O–H groups in total. The predicted molar refractivity (Wildman–Crippen MR) is 78.8 cm³/mol. The van der Waals surface area contributed by atoms with Gasteiger partial charge in [0.2, 0.25) is 0 Å². The van der Waals surface area contributed by atoms with E-state index in [1.807, 2.05) is 20.8 Å². The predicted octanol–water partition coefficient (Wildman–Crippen LogP) is 1.97. The number of rotatable bonds is 1. The lowest BCUT2D eigenvalue weighted by atomic mass is 9.73. The van der Waals surface area contributed by atoms with Crippen molar-refractivity contribution >= 4 is 6.09 Å². The molecule has 3 heterocycles. The Kier molecular flexibility index (Phi) is 3.63. The molecule has 6 nitrogen and oxygen atoms in total. The molecule has 3 rings (SSSR count). The average Bonchev–Trinajstić information content (AvgIpc) is 2.88. The van der Waals surface area contributed by atoms with Gasteiger partial charge >= 0.3 is 6.09 Å². The Bertz CT molecular complexity index is 573. The number of fused-ring (bicyclic) bond motifs is 1. The molecule has 1 aromatic heterocycles. The number of nitrogens with one attached hydrogen (secondary N) is 2. The van der Waals surface area contributed by atoms with Crippen molar-refractivity contribution in [1.82, 2.24) is 20.4 Å². The third-order valence-electron chi connectivity index (χ3n) is 4.44. The second kappa shape index (κ2) is 5.22. The highest BCUT2D eigenvalue weighted by Gasteiger charge is 2.50. The zero-order valence-electron chi connectivity index (χ0n) is 13.3. The molecule has 2 aliphatic rings. The first-order valence-electron chi connectivity index (χ1n) is 7.72. The fourth-order valence-corrected chi connectivity index (χ4v) is 3.48. The van der Waals surface area contributed by atoms with Gasteiger partial charge in [0.1, 0.15) is 5.60 Å². The van der Waals surface area contributed by atoms with Crippen LogP contribution in [0.2, 0.25) is 0 Å². The summed E-state index contributed by atoms with van der Waals surface area (Å²) >= 11 is 0. The molecule has 0 unspecified atom stereocenters. The molecular weight excluding hydrogens is 287 g/mol. The number of carbonyl (C=O) groups excluding carboxylic acids is 1. The number of hydrogen-bond donors (Lipinski definition) is 2. The van der Waals surface area contributed by atoms with Crippen LogP contribution in [0.15, 0.2) is 6.20 Å². The minimum Gasteiger partial charge on any atom is -0.444 e. The summed E-state index contributed by atoms with van der Waals surface area (Å²) in [4.78, 5) is 12.2. The van der Waals surface area contributed by atoms with Gasteiger partial charge in [-0.05, 0) is 46.7 Å². The van der Waals surface area contributed by atoms with Crippen molar-refractivity contribution in [2.45, 2.75) is 51.8 Å². The van der Waals surface area contributed by atoms with Crippen LogP contribution in [-0.2, 0) is 11.3 Å². The molecule has 7 heteroatoms. The van der Waals surface area contributed by atoms with Crippen LogP contribution in [0, 0.1) is 11.2 Å². The summed E-state index contributed by atoms with van der Waals surface area (Å²) < 4.78 is 21.2. The Morgan fingerprint density at radius 2 is 2.18 bits per heavy atom. The number of nitrogens with zero attached hydrogens (tertiary/aromatic N) is 2. The van der Waals surface area contributed by atoms with E-state index < -0.39 is 17.7 Å². The van der Waals surface area contributed by atoms with Crippen molar-refractivity contribution in [2.24, 2.45) is 5.41 Å². The fraction of sp³-hybridized carbons (Fsp3) is 0.733. The van der Waals surface area contributed by atoms with Crippen molar-refractivity contribution < 1.29 is 13.9 Å². The maximum Gasteiger partial charge on any atom is 0.408 e. The number of aromatic nitrogens is 2. The number of alkyl carbamates (subject to hydrolysis) is 1. The van der Waals surface area contributed by atoms with Crippen LogP contribution >= 0.6 is 0 Å². The zero-order chi connectivity index (χ0) is 16.0. The third-order valence-corrected chi connectivity index (χ3v) is 4.44. The molecule has 0 aromatic carbocycles. The number of ether oxygens (including phenoxy) is 1. The van der Waals surface area contributed by atoms with E-state index in [2.05, 4.69) is 15.7 Å². The van der Waals surface area contributed by atoms with Gasteiger partial charge in [-0.3, -0.25) is 4.68 Å². The molecule has 2 aliphatic heterocycles. The number of hydrogen-bond acceptors (Lipinski definition) is 4. The van der Waals surface area contributed by atoms with Crippen LogP contribution in [0.25, 0.3) is 0 Å². The first kappa shape index (κ1) is 15.3. The zero-order valence-corrected chi connectivity index (χ0v) is 13.3.